The molecule has 1 saturated heterocycles. The molecule has 0 aromatic heterocycles. The van der Waals surface area contributed by atoms with Gasteiger partial charge < -0.3 is 20.5 Å². The molecule has 20 heavy (non-hydrogen) atoms. The number of nitrogens with one attached hydrogen (secondary N) is 1. The topological polar surface area (TPSA) is 73.6 Å². The fraction of sp³-hybridized carbons (Fsp3) is 0.533. The summed E-state index contributed by atoms with van der Waals surface area (Å²) < 4.78 is 10.7. The van der Waals surface area contributed by atoms with Crippen LogP contribution in [0.5, 0.6) is 5.75 Å². The first kappa shape index (κ1) is 14.7. The van der Waals surface area contributed by atoms with E-state index in [0.717, 1.165) is 19.4 Å². The van der Waals surface area contributed by atoms with E-state index in [-0.39, 0.29) is 12.0 Å². The van der Waals surface area contributed by atoms with Gasteiger partial charge in [0.25, 0.3) is 5.91 Å². The zero-order valence-corrected chi connectivity index (χ0v) is 12.0. The van der Waals surface area contributed by atoms with Crippen molar-refractivity contribution in [2.75, 3.05) is 26.0 Å². The van der Waals surface area contributed by atoms with Gasteiger partial charge in [-0.05, 0) is 31.0 Å². The molecular formula is C15H22N2O3. The Bertz CT molecular complexity index is 476. The third-order valence-electron chi connectivity index (χ3n) is 3.77. The minimum absolute atomic E-state index is 0.106. The van der Waals surface area contributed by atoms with Crippen LogP contribution in [-0.4, -0.2) is 32.3 Å². The zero-order valence-electron chi connectivity index (χ0n) is 12.0. The average molecular weight is 278 g/mol. The van der Waals surface area contributed by atoms with Gasteiger partial charge in [-0.2, -0.15) is 0 Å². The highest BCUT2D eigenvalue weighted by molar-refractivity contribution is 5.95. The smallest absolute Gasteiger partial charge is 0.251 e. The van der Waals surface area contributed by atoms with Crippen LogP contribution in [0.4, 0.5) is 5.69 Å². The summed E-state index contributed by atoms with van der Waals surface area (Å²) in [6, 6.07) is 5.05. The fourth-order valence-corrected chi connectivity index (χ4v) is 2.56. The quantitative estimate of drug-likeness (QED) is 0.806. The molecule has 2 rings (SSSR count). The van der Waals surface area contributed by atoms with Crippen LogP contribution in [-0.2, 0) is 4.74 Å². The Morgan fingerprint density at radius 2 is 2.35 bits per heavy atom. The average Bonchev–Trinajstić information content (AvgIpc) is 2.92. The number of hydrogen-bond donors (Lipinski definition) is 2. The maximum Gasteiger partial charge on any atom is 0.251 e. The molecular weight excluding hydrogens is 256 g/mol. The molecule has 0 bridgehead atoms. The van der Waals surface area contributed by atoms with Gasteiger partial charge >= 0.3 is 0 Å². The van der Waals surface area contributed by atoms with Gasteiger partial charge in [0.1, 0.15) is 5.75 Å². The number of hydrogen-bond acceptors (Lipinski definition) is 4. The highest BCUT2D eigenvalue weighted by Gasteiger charge is 2.26. The van der Waals surface area contributed by atoms with Crippen molar-refractivity contribution in [1.82, 2.24) is 5.32 Å². The summed E-state index contributed by atoms with van der Waals surface area (Å²) in [6.45, 7) is 3.54. The molecule has 0 radical (unpaired) electrons. The van der Waals surface area contributed by atoms with E-state index in [2.05, 4.69) is 12.2 Å². The first-order chi connectivity index (χ1) is 9.65. The molecule has 1 aromatic carbocycles. The molecule has 1 fully saturated rings. The SMILES string of the molecule is CCC1OCCC1CNC(=O)c1ccc(N)c(OC)c1. The first-order valence-corrected chi connectivity index (χ1v) is 6.99. The number of ether oxygens (including phenoxy) is 2. The lowest BCUT2D eigenvalue weighted by Crippen LogP contribution is -2.32. The lowest BCUT2D eigenvalue weighted by atomic mass is 9.99. The largest absolute Gasteiger partial charge is 0.495 e. The maximum absolute atomic E-state index is 12.1. The monoisotopic (exact) mass is 278 g/mol. The van der Waals surface area contributed by atoms with Crippen LogP contribution in [0.3, 0.4) is 0 Å². The summed E-state index contributed by atoms with van der Waals surface area (Å²) in [6.07, 6.45) is 2.25. The summed E-state index contributed by atoms with van der Waals surface area (Å²) in [5.41, 5.74) is 6.82. The zero-order chi connectivity index (χ0) is 14.5. The highest BCUT2D eigenvalue weighted by atomic mass is 16.5. The molecule has 0 saturated carbocycles. The van der Waals surface area contributed by atoms with Crippen molar-refractivity contribution in [2.24, 2.45) is 5.92 Å². The van der Waals surface area contributed by atoms with Crippen molar-refractivity contribution < 1.29 is 14.3 Å². The maximum atomic E-state index is 12.1. The summed E-state index contributed by atoms with van der Waals surface area (Å²) >= 11 is 0. The van der Waals surface area contributed by atoms with Crippen LogP contribution in [0.25, 0.3) is 0 Å². The molecule has 110 valence electrons. The Labute approximate surface area is 119 Å². The number of methoxy groups -OCH3 is 1. The number of nitrogens with two attached hydrogens (primary N) is 1. The van der Waals surface area contributed by atoms with Crippen LogP contribution in [0, 0.1) is 5.92 Å². The van der Waals surface area contributed by atoms with Gasteiger partial charge in [-0.1, -0.05) is 6.92 Å². The van der Waals surface area contributed by atoms with E-state index in [0.29, 0.717) is 29.5 Å². The molecule has 1 aliphatic rings. The number of rotatable bonds is 5. The molecule has 2 unspecified atom stereocenters. The number of carbonyl (C=O) groups is 1. The Balaban J connectivity index is 1.95. The normalized spacial score (nSPS) is 21.7. The van der Waals surface area contributed by atoms with Crippen LogP contribution in [0.15, 0.2) is 18.2 Å². The van der Waals surface area contributed by atoms with Crippen molar-refractivity contribution in [2.45, 2.75) is 25.9 Å². The van der Waals surface area contributed by atoms with E-state index >= 15 is 0 Å². The first-order valence-electron chi connectivity index (χ1n) is 6.99. The number of carbonyl (C=O) groups excluding carboxylic acids is 1. The van der Waals surface area contributed by atoms with Crippen LogP contribution >= 0.6 is 0 Å². The van der Waals surface area contributed by atoms with Crippen molar-refractivity contribution in [1.29, 1.82) is 0 Å². The van der Waals surface area contributed by atoms with Gasteiger partial charge in [0.05, 0.1) is 18.9 Å². The van der Waals surface area contributed by atoms with E-state index in [1.54, 1.807) is 18.2 Å². The second-order valence-electron chi connectivity index (χ2n) is 5.03. The van der Waals surface area contributed by atoms with E-state index in [1.165, 1.54) is 7.11 Å². The van der Waals surface area contributed by atoms with Gasteiger partial charge in [-0.25, -0.2) is 0 Å². The Morgan fingerprint density at radius 1 is 1.55 bits per heavy atom. The molecule has 1 heterocycles. The van der Waals surface area contributed by atoms with Crippen molar-refractivity contribution in [3.05, 3.63) is 23.8 Å². The molecule has 1 aliphatic heterocycles. The third kappa shape index (κ3) is 3.22. The molecule has 2 atom stereocenters. The molecule has 0 spiro atoms. The van der Waals surface area contributed by atoms with Crippen LogP contribution in [0.1, 0.15) is 30.1 Å². The van der Waals surface area contributed by atoms with Gasteiger partial charge in [0, 0.05) is 24.6 Å². The van der Waals surface area contributed by atoms with Crippen LogP contribution < -0.4 is 15.8 Å². The lowest BCUT2D eigenvalue weighted by molar-refractivity contribution is 0.0826. The second kappa shape index (κ2) is 6.61. The second-order valence-corrected chi connectivity index (χ2v) is 5.03. The number of amides is 1. The summed E-state index contributed by atoms with van der Waals surface area (Å²) in [7, 11) is 1.54. The number of benzene rings is 1. The van der Waals surface area contributed by atoms with Gasteiger partial charge in [-0.15, -0.1) is 0 Å². The Hall–Kier alpha value is -1.75. The summed E-state index contributed by atoms with van der Waals surface area (Å²) in [5.74, 6) is 0.818. The summed E-state index contributed by atoms with van der Waals surface area (Å²) in [4.78, 5) is 12.1. The van der Waals surface area contributed by atoms with E-state index in [9.17, 15) is 4.79 Å². The van der Waals surface area contributed by atoms with Crippen LogP contribution in [0.2, 0.25) is 0 Å². The molecule has 5 nitrogen and oxygen atoms in total. The Kier molecular flexibility index (Phi) is 4.84. The fourth-order valence-electron chi connectivity index (χ4n) is 2.56. The third-order valence-corrected chi connectivity index (χ3v) is 3.77. The van der Waals surface area contributed by atoms with E-state index in [1.807, 2.05) is 0 Å². The number of anilines is 1. The molecule has 5 heteroatoms. The minimum Gasteiger partial charge on any atom is -0.495 e. The van der Waals surface area contributed by atoms with Crippen molar-refractivity contribution in [3.63, 3.8) is 0 Å². The number of nitrogen functional groups attached to an aromatic ring is 1. The van der Waals surface area contributed by atoms with E-state index < -0.39 is 0 Å². The standard InChI is InChI=1S/C15H22N2O3/c1-3-13-11(6-7-20-13)9-17-15(18)10-4-5-12(16)14(8-10)19-2/h4-5,8,11,13H,3,6-7,9,16H2,1-2H3,(H,17,18). The summed E-state index contributed by atoms with van der Waals surface area (Å²) in [5, 5.41) is 2.96. The van der Waals surface area contributed by atoms with Gasteiger partial charge in [-0.3, -0.25) is 4.79 Å². The molecule has 0 aliphatic carbocycles. The lowest BCUT2D eigenvalue weighted by Gasteiger charge is -2.17. The van der Waals surface area contributed by atoms with Crippen molar-refractivity contribution in [3.8, 4) is 5.75 Å². The highest BCUT2D eigenvalue weighted by Crippen LogP contribution is 2.24. The molecule has 1 amide bonds. The van der Waals surface area contributed by atoms with Crippen molar-refractivity contribution >= 4 is 11.6 Å². The van der Waals surface area contributed by atoms with E-state index in [4.69, 9.17) is 15.2 Å². The predicted octanol–water partition coefficient (Wildman–Crippen LogP) is 1.82. The minimum atomic E-state index is -0.106. The molecule has 1 aromatic rings. The Morgan fingerprint density at radius 3 is 3.05 bits per heavy atom. The van der Waals surface area contributed by atoms with Gasteiger partial charge in [0.2, 0.25) is 0 Å². The van der Waals surface area contributed by atoms with Gasteiger partial charge in [0.15, 0.2) is 0 Å². The molecule has 3 N–H and O–H groups in total. The predicted molar refractivity (Wildman–Crippen MR) is 77.9 cm³/mol.